The van der Waals surface area contributed by atoms with E-state index >= 15 is 0 Å². The van der Waals surface area contributed by atoms with Gasteiger partial charge in [-0.05, 0) is 24.1 Å². The van der Waals surface area contributed by atoms with Crippen LogP contribution in [0.1, 0.15) is 12.5 Å². The zero-order valence-corrected chi connectivity index (χ0v) is 7.70. The Labute approximate surface area is 76.3 Å². The van der Waals surface area contributed by atoms with E-state index in [1.54, 1.807) is 13.3 Å². The maximum atomic E-state index is 5.23. The van der Waals surface area contributed by atoms with Gasteiger partial charge < -0.3 is 9.26 Å². The molecule has 0 spiro atoms. The van der Waals surface area contributed by atoms with Crippen molar-refractivity contribution in [2.75, 3.05) is 7.11 Å². The second-order valence-electron chi connectivity index (χ2n) is 2.89. The molecule has 0 aliphatic rings. The van der Waals surface area contributed by atoms with E-state index in [1.165, 1.54) is 5.56 Å². The number of hydrogen-bond donors (Lipinski definition) is 0. The van der Waals surface area contributed by atoms with Crippen molar-refractivity contribution >= 4 is 11.0 Å². The van der Waals surface area contributed by atoms with E-state index in [4.69, 9.17) is 9.26 Å². The molecule has 3 heteroatoms. The van der Waals surface area contributed by atoms with Crippen molar-refractivity contribution in [3.63, 3.8) is 0 Å². The first kappa shape index (κ1) is 8.10. The van der Waals surface area contributed by atoms with E-state index in [-0.39, 0.29) is 0 Å². The molecular formula is C10H11NO2. The largest absolute Gasteiger partial charge is 0.496 e. The van der Waals surface area contributed by atoms with Crippen molar-refractivity contribution in [3.8, 4) is 5.75 Å². The van der Waals surface area contributed by atoms with Crippen LogP contribution < -0.4 is 4.74 Å². The number of rotatable bonds is 2. The molecule has 2 aromatic rings. The van der Waals surface area contributed by atoms with Crippen LogP contribution in [0.15, 0.2) is 22.9 Å². The summed E-state index contributed by atoms with van der Waals surface area (Å²) in [5.74, 6) is 0.829. The maximum absolute atomic E-state index is 5.23. The summed E-state index contributed by atoms with van der Waals surface area (Å²) < 4.78 is 10.3. The van der Waals surface area contributed by atoms with Gasteiger partial charge >= 0.3 is 0 Å². The number of benzene rings is 1. The van der Waals surface area contributed by atoms with Gasteiger partial charge in [-0.15, -0.1) is 0 Å². The first-order chi connectivity index (χ1) is 6.35. The molecule has 1 heterocycles. The van der Waals surface area contributed by atoms with Gasteiger partial charge in [0.25, 0.3) is 0 Å². The molecule has 13 heavy (non-hydrogen) atoms. The SMILES string of the molecule is CCc1cc(OC)c2cnoc2c1. The van der Waals surface area contributed by atoms with Gasteiger partial charge in [-0.25, -0.2) is 0 Å². The first-order valence-corrected chi connectivity index (χ1v) is 4.26. The van der Waals surface area contributed by atoms with Crippen molar-refractivity contribution in [2.45, 2.75) is 13.3 Å². The summed E-state index contributed by atoms with van der Waals surface area (Å²) in [7, 11) is 1.65. The monoisotopic (exact) mass is 177 g/mol. The fraction of sp³-hybridized carbons (Fsp3) is 0.300. The summed E-state index contributed by atoms with van der Waals surface area (Å²) in [6.07, 6.45) is 2.64. The second kappa shape index (κ2) is 3.09. The van der Waals surface area contributed by atoms with E-state index < -0.39 is 0 Å². The lowest BCUT2D eigenvalue weighted by atomic mass is 10.1. The zero-order chi connectivity index (χ0) is 9.26. The minimum atomic E-state index is 0.788. The van der Waals surface area contributed by atoms with Crippen molar-refractivity contribution in [2.24, 2.45) is 0 Å². The van der Waals surface area contributed by atoms with Crippen LogP contribution in [0, 0.1) is 0 Å². The normalized spacial score (nSPS) is 10.6. The van der Waals surface area contributed by atoms with E-state index in [1.807, 2.05) is 12.1 Å². The molecule has 0 atom stereocenters. The molecule has 2 rings (SSSR count). The molecular weight excluding hydrogens is 166 g/mol. The lowest BCUT2D eigenvalue weighted by molar-refractivity contribution is 0.419. The Hall–Kier alpha value is -1.51. The van der Waals surface area contributed by atoms with E-state index in [0.717, 1.165) is 23.1 Å². The minimum absolute atomic E-state index is 0.788. The van der Waals surface area contributed by atoms with Crippen LogP contribution in [0.3, 0.4) is 0 Å². The number of aromatic nitrogens is 1. The number of methoxy groups -OCH3 is 1. The molecule has 0 unspecified atom stereocenters. The number of aryl methyl sites for hydroxylation is 1. The Balaban J connectivity index is 2.70. The number of nitrogens with zero attached hydrogens (tertiary/aromatic N) is 1. The quantitative estimate of drug-likeness (QED) is 0.706. The van der Waals surface area contributed by atoms with Crippen LogP contribution >= 0.6 is 0 Å². The third-order valence-electron chi connectivity index (χ3n) is 2.12. The van der Waals surface area contributed by atoms with Crippen LogP contribution in [-0.2, 0) is 6.42 Å². The average molecular weight is 177 g/mol. The molecule has 0 radical (unpaired) electrons. The Morgan fingerprint density at radius 2 is 2.31 bits per heavy atom. The minimum Gasteiger partial charge on any atom is -0.496 e. The van der Waals surface area contributed by atoms with Crippen LogP contribution in [0.5, 0.6) is 5.75 Å². The van der Waals surface area contributed by atoms with Gasteiger partial charge in [0.15, 0.2) is 5.58 Å². The molecule has 0 fully saturated rings. The van der Waals surface area contributed by atoms with Crippen molar-refractivity contribution in [3.05, 3.63) is 23.9 Å². The van der Waals surface area contributed by atoms with E-state index in [0.29, 0.717) is 0 Å². The molecule has 0 saturated heterocycles. The molecule has 68 valence electrons. The van der Waals surface area contributed by atoms with Gasteiger partial charge in [-0.2, -0.15) is 0 Å². The lowest BCUT2D eigenvalue weighted by Crippen LogP contribution is -1.86. The fourth-order valence-electron chi connectivity index (χ4n) is 1.37. The molecule has 0 N–H and O–H groups in total. The lowest BCUT2D eigenvalue weighted by Gasteiger charge is -2.02. The highest BCUT2D eigenvalue weighted by Crippen LogP contribution is 2.27. The maximum Gasteiger partial charge on any atom is 0.170 e. The van der Waals surface area contributed by atoms with Crippen molar-refractivity contribution in [1.29, 1.82) is 0 Å². The zero-order valence-electron chi connectivity index (χ0n) is 7.70. The molecule has 0 amide bonds. The fourth-order valence-corrected chi connectivity index (χ4v) is 1.37. The predicted octanol–water partition coefficient (Wildman–Crippen LogP) is 2.40. The van der Waals surface area contributed by atoms with Crippen LogP contribution in [-0.4, -0.2) is 12.3 Å². The second-order valence-corrected chi connectivity index (χ2v) is 2.89. The van der Waals surface area contributed by atoms with E-state index in [2.05, 4.69) is 12.1 Å². The Morgan fingerprint density at radius 3 is 3.00 bits per heavy atom. The summed E-state index contributed by atoms with van der Waals surface area (Å²) in [6.45, 7) is 2.09. The third-order valence-corrected chi connectivity index (χ3v) is 2.12. The number of ether oxygens (including phenoxy) is 1. The van der Waals surface area contributed by atoms with Crippen molar-refractivity contribution in [1.82, 2.24) is 5.16 Å². The molecule has 0 bridgehead atoms. The van der Waals surface area contributed by atoms with Crippen LogP contribution in [0.4, 0.5) is 0 Å². The molecule has 0 aliphatic carbocycles. The van der Waals surface area contributed by atoms with Crippen molar-refractivity contribution < 1.29 is 9.26 Å². The average Bonchev–Trinajstić information content (AvgIpc) is 2.63. The molecule has 3 nitrogen and oxygen atoms in total. The highest BCUT2D eigenvalue weighted by atomic mass is 16.5. The molecule has 0 aliphatic heterocycles. The Bertz CT molecular complexity index is 420. The summed E-state index contributed by atoms with van der Waals surface area (Å²) in [4.78, 5) is 0. The van der Waals surface area contributed by atoms with Gasteiger partial charge in [-0.3, -0.25) is 0 Å². The van der Waals surface area contributed by atoms with Gasteiger partial charge in [0.05, 0.1) is 18.7 Å². The van der Waals surface area contributed by atoms with Gasteiger partial charge in [0.2, 0.25) is 0 Å². The molecule has 0 saturated carbocycles. The number of hydrogen-bond acceptors (Lipinski definition) is 3. The summed E-state index contributed by atoms with van der Waals surface area (Å²) >= 11 is 0. The van der Waals surface area contributed by atoms with Gasteiger partial charge in [-0.1, -0.05) is 12.1 Å². The number of fused-ring (bicyclic) bond motifs is 1. The molecule has 1 aromatic heterocycles. The Kier molecular flexibility index (Phi) is 1.93. The summed E-state index contributed by atoms with van der Waals surface area (Å²) in [5.41, 5.74) is 1.98. The van der Waals surface area contributed by atoms with E-state index in [9.17, 15) is 0 Å². The van der Waals surface area contributed by atoms with Crippen LogP contribution in [0.25, 0.3) is 11.0 Å². The highest BCUT2D eigenvalue weighted by molar-refractivity contribution is 5.83. The smallest absolute Gasteiger partial charge is 0.170 e. The third kappa shape index (κ3) is 1.26. The standard InChI is InChI=1S/C10H11NO2/c1-3-7-4-9(12-2)8-6-11-13-10(8)5-7/h4-6H,3H2,1-2H3. The Morgan fingerprint density at radius 1 is 1.46 bits per heavy atom. The molecule has 1 aromatic carbocycles. The van der Waals surface area contributed by atoms with Crippen LogP contribution in [0.2, 0.25) is 0 Å². The summed E-state index contributed by atoms with van der Waals surface area (Å²) in [5, 5.41) is 4.66. The topological polar surface area (TPSA) is 35.3 Å². The van der Waals surface area contributed by atoms with Gasteiger partial charge in [0, 0.05) is 0 Å². The first-order valence-electron chi connectivity index (χ1n) is 4.26. The highest BCUT2D eigenvalue weighted by Gasteiger charge is 2.06. The summed E-state index contributed by atoms with van der Waals surface area (Å²) in [6, 6.07) is 4.00. The van der Waals surface area contributed by atoms with Gasteiger partial charge in [0.1, 0.15) is 5.75 Å². The predicted molar refractivity (Wildman–Crippen MR) is 49.9 cm³/mol.